The van der Waals surface area contributed by atoms with Gasteiger partial charge in [-0.15, -0.1) is 0 Å². The Labute approximate surface area is 135 Å². The Kier molecular flexibility index (Phi) is 4.04. The summed E-state index contributed by atoms with van der Waals surface area (Å²) in [5.74, 6) is -0.255. The van der Waals surface area contributed by atoms with E-state index in [1.807, 2.05) is 6.07 Å². The predicted molar refractivity (Wildman–Crippen MR) is 89.1 cm³/mol. The van der Waals surface area contributed by atoms with Crippen LogP contribution in [0.5, 0.6) is 0 Å². The van der Waals surface area contributed by atoms with E-state index in [4.69, 9.17) is 0 Å². The lowest BCUT2D eigenvalue weighted by Gasteiger charge is -2.29. The third-order valence-electron chi connectivity index (χ3n) is 3.76. The third kappa shape index (κ3) is 3.34. The van der Waals surface area contributed by atoms with E-state index >= 15 is 0 Å². The predicted octanol–water partition coefficient (Wildman–Crippen LogP) is 2.05. The summed E-state index contributed by atoms with van der Waals surface area (Å²) in [5.41, 5.74) is 2.69. The van der Waals surface area contributed by atoms with Crippen molar-refractivity contribution in [2.45, 2.75) is 12.8 Å². The molecule has 0 saturated heterocycles. The molecule has 0 radical (unpaired) electrons. The molecule has 1 aliphatic rings. The van der Waals surface area contributed by atoms with Gasteiger partial charge in [0.1, 0.15) is 0 Å². The van der Waals surface area contributed by atoms with Crippen molar-refractivity contribution in [3.8, 4) is 0 Å². The number of aryl methyl sites for hydroxylation is 1. The monoisotopic (exact) mass is 331 g/mol. The van der Waals surface area contributed by atoms with Crippen LogP contribution in [0.4, 0.5) is 11.4 Å². The van der Waals surface area contributed by atoms with Crippen LogP contribution < -0.4 is 9.62 Å². The summed E-state index contributed by atoms with van der Waals surface area (Å²) >= 11 is 0. The van der Waals surface area contributed by atoms with Gasteiger partial charge in [0, 0.05) is 30.2 Å². The second kappa shape index (κ2) is 6.00. The smallest absolute Gasteiger partial charge is 0.255 e. The Morgan fingerprint density at radius 1 is 1.22 bits per heavy atom. The number of carbonyl (C=O) groups is 1. The van der Waals surface area contributed by atoms with Gasteiger partial charge in [0.25, 0.3) is 5.91 Å². The highest BCUT2D eigenvalue weighted by molar-refractivity contribution is 7.92. The van der Waals surface area contributed by atoms with Gasteiger partial charge in [0.05, 0.1) is 11.9 Å². The molecule has 0 unspecified atom stereocenters. The van der Waals surface area contributed by atoms with Gasteiger partial charge in [0.2, 0.25) is 10.0 Å². The zero-order chi connectivity index (χ0) is 16.4. The highest BCUT2D eigenvalue weighted by atomic mass is 32.2. The van der Waals surface area contributed by atoms with Crippen molar-refractivity contribution >= 4 is 27.3 Å². The van der Waals surface area contributed by atoms with Crippen LogP contribution in [0.3, 0.4) is 0 Å². The zero-order valence-corrected chi connectivity index (χ0v) is 13.5. The average molecular weight is 331 g/mol. The van der Waals surface area contributed by atoms with E-state index in [9.17, 15) is 13.2 Å². The first-order chi connectivity index (χ1) is 10.9. The number of sulfonamides is 1. The molecule has 1 N–H and O–H groups in total. The maximum Gasteiger partial charge on any atom is 0.255 e. The summed E-state index contributed by atoms with van der Waals surface area (Å²) in [6.07, 6.45) is 5.92. The molecule has 1 aliphatic heterocycles. The van der Waals surface area contributed by atoms with E-state index in [-0.39, 0.29) is 5.91 Å². The minimum absolute atomic E-state index is 0.255. The van der Waals surface area contributed by atoms with E-state index in [0.717, 1.165) is 18.4 Å². The van der Waals surface area contributed by atoms with Gasteiger partial charge in [-0.25, -0.2) is 8.42 Å². The zero-order valence-electron chi connectivity index (χ0n) is 12.7. The highest BCUT2D eigenvalue weighted by Crippen LogP contribution is 2.31. The quantitative estimate of drug-likeness (QED) is 0.933. The molecule has 0 fully saturated rings. The Bertz CT molecular complexity index is 835. The summed E-state index contributed by atoms with van der Waals surface area (Å²) in [4.78, 5) is 16.1. The van der Waals surface area contributed by atoms with Crippen LogP contribution in [0.15, 0.2) is 42.7 Å². The van der Waals surface area contributed by atoms with Gasteiger partial charge in [-0.2, -0.15) is 0 Å². The number of benzene rings is 1. The molecule has 0 aliphatic carbocycles. The molecule has 23 heavy (non-hydrogen) atoms. The fourth-order valence-corrected chi connectivity index (χ4v) is 3.66. The molecular formula is C16H17N3O3S. The van der Waals surface area contributed by atoms with Gasteiger partial charge in [-0.05, 0) is 42.7 Å². The minimum atomic E-state index is -3.32. The first-order valence-corrected chi connectivity index (χ1v) is 9.12. The minimum Gasteiger partial charge on any atom is -0.322 e. The molecule has 1 amide bonds. The summed E-state index contributed by atoms with van der Waals surface area (Å²) in [7, 11) is -3.32. The lowest BCUT2D eigenvalue weighted by atomic mass is 10.0. The van der Waals surface area contributed by atoms with Crippen LogP contribution in [0, 0.1) is 0 Å². The molecule has 7 heteroatoms. The average Bonchev–Trinajstić information content (AvgIpc) is 2.54. The molecule has 0 saturated carbocycles. The molecule has 0 bridgehead atoms. The second-order valence-electron chi connectivity index (χ2n) is 5.47. The van der Waals surface area contributed by atoms with E-state index in [0.29, 0.717) is 23.5 Å². The SMILES string of the molecule is CS(=O)(=O)N1CCCc2ccc(NC(=O)c3ccncc3)cc21. The Morgan fingerprint density at radius 2 is 1.96 bits per heavy atom. The van der Waals surface area contributed by atoms with Crippen LogP contribution >= 0.6 is 0 Å². The first-order valence-electron chi connectivity index (χ1n) is 7.27. The van der Waals surface area contributed by atoms with Crippen LogP contribution in [0.1, 0.15) is 22.3 Å². The fraction of sp³-hybridized carbons (Fsp3) is 0.250. The van der Waals surface area contributed by atoms with E-state index in [2.05, 4.69) is 10.3 Å². The number of nitrogens with zero attached hydrogens (tertiary/aromatic N) is 2. The standard InChI is InChI=1S/C16H17N3O3S/c1-23(21,22)19-10-2-3-12-4-5-14(11-15(12)19)18-16(20)13-6-8-17-9-7-13/h4-9,11H,2-3,10H2,1H3,(H,18,20). The topological polar surface area (TPSA) is 79.4 Å². The maximum atomic E-state index is 12.2. The number of hydrogen-bond donors (Lipinski definition) is 1. The van der Waals surface area contributed by atoms with E-state index in [1.165, 1.54) is 10.6 Å². The molecule has 120 valence electrons. The van der Waals surface area contributed by atoms with E-state index in [1.54, 1.807) is 36.7 Å². The number of hydrogen-bond acceptors (Lipinski definition) is 4. The van der Waals surface area contributed by atoms with Crippen LogP contribution in [0.2, 0.25) is 0 Å². The van der Waals surface area contributed by atoms with Gasteiger partial charge in [0.15, 0.2) is 0 Å². The van der Waals surface area contributed by atoms with Gasteiger partial charge in [-0.3, -0.25) is 14.1 Å². The Balaban J connectivity index is 1.90. The number of pyridine rings is 1. The fourth-order valence-electron chi connectivity index (χ4n) is 2.67. The second-order valence-corrected chi connectivity index (χ2v) is 7.38. The summed E-state index contributed by atoms with van der Waals surface area (Å²) in [6.45, 7) is 0.466. The lowest BCUT2D eigenvalue weighted by molar-refractivity contribution is 0.102. The van der Waals surface area contributed by atoms with Crippen molar-refractivity contribution in [1.29, 1.82) is 0 Å². The van der Waals surface area contributed by atoms with Gasteiger partial charge < -0.3 is 5.32 Å². The molecule has 1 aromatic heterocycles. The number of anilines is 2. The number of rotatable bonds is 3. The maximum absolute atomic E-state index is 12.2. The number of aromatic nitrogens is 1. The normalized spacial score (nSPS) is 14.2. The van der Waals surface area contributed by atoms with Crippen LogP contribution in [-0.4, -0.2) is 32.1 Å². The first kappa shape index (κ1) is 15.5. The molecule has 1 aromatic carbocycles. The van der Waals surface area contributed by atoms with Gasteiger partial charge >= 0.3 is 0 Å². The Hall–Kier alpha value is -2.41. The van der Waals surface area contributed by atoms with Crippen molar-refractivity contribution < 1.29 is 13.2 Å². The van der Waals surface area contributed by atoms with Crippen LogP contribution in [0.25, 0.3) is 0 Å². The highest BCUT2D eigenvalue weighted by Gasteiger charge is 2.24. The summed E-state index contributed by atoms with van der Waals surface area (Å²) < 4.78 is 25.3. The van der Waals surface area contributed by atoms with Crippen molar-refractivity contribution in [3.05, 3.63) is 53.9 Å². The van der Waals surface area contributed by atoms with Crippen molar-refractivity contribution in [1.82, 2.24) is 4.98 Å². The molecule has 2 aromatic rings. The molecule has 6 nitrogen and oxygen atoms in total. The number of nitrogens with one attached hydrogen (secondary N) is 1. The van der Waals surface area contributed by atoms with Gasteiger partial charge in [-0.1, -0.05) is 6.07 Å². The van der Waals surface area contributed by atoms with Crippen molar-refractivity contribution in [3.63, 3.8) is 0 Å². The largest absolute Gasteiger partial charge is 0.322 e. The molecule has 2 heterocycles. The molecule has 0 spiro atoms. The molecule has 0 atom stereocenters. The van der Waals surface area contributed by atoms with Crippen LogP contribution in [-0.2, 0) is 16.4 Å². The lowest BCUT2D eigenvalue weighted by Crippen LogP contribution is -2.34. The number of amides is 1. The summed E-state index contributed by atoms with van der Waals surface area (Å²) in [5, 5.41) is 2.79. The van der Waals surface area contributed by atoms with E-state index < -0.39 is 10.0 Å². The molecular weight excluding hydrogens is 314 g/mol. The molecule has 3 rings (SSSR count). The third-order valence-corrected chi connectivity index (χ3v) is 4.94. The summed E-state index contributed by atoms with van der Waals surface area (Å²) in [6, 6.07) is 8.63. The van der Waals surface area contributed by atoms with Crippen molar-refractivity contribution in [2.24, 2.45) is 0 Å². The number of carbonyl (C=O) groups excluding carboxylic acids is 1. The number of fused-ring (bicyclic) bond motifs is 1. The van der Waals surface area contributed by atoms with Crippen molar-refractivity contribution in [2.75, 3.05) is 22.4 Å². The Morgan fingerprint density at radius 3 is 2.65 bits per heavy atom.